The highest BCUT2D eigenvalue weighted by Gasteiger charge is 2.62. The number of pyridine rings is 1. The summed E-state index contributed by atoms with van der Waals surface area (Å²) in [5.74, 6) is 0.537. The zero-order valence-electron chi connectivity index (χ0n) is 23.4. The first kappa shape index (κ1) is 26.4. The predicted molar refractivity (Wildman–Crippen MR) is 152 cm³/mol. The summed E-state index contributed by atoms with van der Waals surface area (Å²) in [5, 5.41) is 3.96. The number of anilines is 2. The number of nitrogen functional groups attached to an aromatic ring is 1. The molecule has 0 bridgehead atoms. The third-order valence-electron chi connectivity index (χ3n) is 8.70. The molecule has 10 nitrogen and oxygen atoms in total. The molecule has 5 N–H and O–H groups in total. The van der Waals surface area contributed by atoms with Crippen LogP contribution in [-0.2, 0) is 22.3 Å². The van der Waals surface area contributed by atoms with E-state index < -0.39 is 17.0 Å². The molecule has 2 unspecified atom stereocenters. The van der Waals surface area contributed by atoms with Gasteiger partial charge in [0.2, 0.25) is 5.79 Å². The van der Waals surface area contributed by atoms with Crippen LogP contribution in [0.2, 0.25) is 0 Å². The highest BCUT2D eigenvalue weighted by atomic mass is 32.1. The molecule has 2 fully saturated rings. The van der Waals surface area contributed by atoms with E-state index in [2.05, 4.69) is 53.9 Å². The first-order valence-corrected chi connectivity index (χ1v) is 14.3. The van der Waals surface area contributed by atoms with Crippen LogP contribution in [0.3, 0.4) is 0 Å². The predicted octanol–water partition coefficient (Wildman–Crippen LogP) is 3.02. The van der Waals surface area contributed by atoms with Gasteiger partial charge >= 0.3 is 0 Å². The maximum atomic E-state index is 13.2. The van der Waals surface area contributed by atoms with Gasteiger partial charge in [-0.25, -0.2) is 15.0 Å². The number of hydrogen-bond donors (Lipinski definition) is 3. The Labute approximate surface area is 232 Å². The second-order valence-electron chi connectivity index (χ2n) is 12.1. The smallest absolute Gasteiger partial charge is 0.263 e. The van der Waals surface area contributed by atoms with Crippen molar-refractivity contribution >= 4 is 39.0 Å². The number of nitrogens with one attached hydrogen (secondary N) is 1. The lowest BCUT2D eigenvalue weighted by Gasteiger charge is -2.30. The highest BCUT2D eigenvalue weighted by molar-refractivity contribution is 7.21. The summed E-state index contributed by atoms with van der Waals surface area (Å²) in [5.41, 5.74) is 15.5. The Morgan fingerprint density at radius 2 is 1.85 bits per heavy atom. The monoisotopic (exact) mass is 551 g/mol. The number of rotatable bonds is 3. The minimum Gasteiger partial charge on any atom is -0.397 e. The largest absolute Gasteiger partial charge is 0.397 e. The van der Waals surface area contributed by atoms with Gasteiger partial charge in [-0.15, -0.1) is 11.3 Å². The van der Waals surface area contributed by atoms with Crippen molar-refractivity contribution in [1.29, 1.82) is 0 Å². The van der Waals surface area contributed by atoms with Crippen LogP contribution in [0.15, 0.2) is 12.1 Å². The molecule has 39 heavy (non-hydrogen) atoms. The third kappa shape index (κ3) is 4.26. The maximum absolute atomic E-state index is 13.2. The first-order chi connectivity index (χ1) is 18.3. The zero-order valence-corrected chi connectivity index (χ0v) is 24.2. The number of carbonyl (C=O) groups excluding carboxylic acids is 1. The fraction of sp³-hybridized carbons (Fsp3) is 0.571. The van der Waals surface area contributed by atoms with Gasteiger partial charge in [-0.05, 0) is 72.4 Å². The van der Waals surface area contributed by atoms with Crippen LogP contribution in [0.4, 0.5) is 11.5 Å². The maximum Gasteiger partial charge on any atom is 0.263 e. The van der Waals surface area contributed by atoms with E-state index >= 15 is 0 Å². The van der Waals surface area contributed by atoms with Gasteiger partial charge in [0.1, 0.15) is 21.3 Å². The molecule has 208 valence electrons. The Bertz CT molecular complexity index is 1470. The van der Waals surface area contributed by atoms with Gasteiger partial charge in [-0.2, -0.15) is 0 Å². The van der Waals surface area contributed by atoms with Gasteiger partial charge < -0.3 is 31.2 Å². The van der Waals surface area contributed by atoms with Crippen LogP contribution in [0.1, 0.15) is 66.6 Å². The van der Waals surface area contributed by atoms with E-state index in [-0.39, 0.29) is 18.0 Å². The van der Waals surface area contributed by atoms with Gasteiger partial charge in [0, 0.05) is 18.3 Å². The zero-order chi connectivity index (χ0) is 27.9. The number of nitrogens with two attached hydrogens (primary N) is 2. The molecule has 6 rings (SSSR count). The van der Waals surface area contributed by atoms with E-state index in [1.807, 2.05) is 19.9 Å². The Morgan fingerprint density at radius 1 is 1.13 bits per heavy atom. The summed E-state index contributed by atoms with van der Waals surface area (Å²) in [6, 6.07) is 3.88. The standard InChI is InChI=1S/C28H37N7O3S/c1-14-21-22(30)23(39-25(21)32-15(2)31-14)24(36)33-17-8-9-18-16(11-17)7-10-20(34-18)35-12-19(29)28(13-35)37-26(3,4)27(5,6)38-28/h7,10,17,19H,8-9,11-13,29-30H2,1-6H3,(H,33,36). The van der Waals surface area contributed by atoms with E-state index in [1.54, 1.807) is 0 Å². The normalized spacial score (nSPS) is 24.8. The number of thiophene rings is 1. The van der Waals surface area contributed by atoms with E-state index in [0.717, 1.165) is 52.2 Å². The van der Waals surface area contributed by atoms with E-state index in [4.69, 9.17) is 25.9 Å². The Hall–Kier alpha value is -2.86. The molecule has 3 aromatic rings. The van der Waals surface area contributed by atoms with Crippen molar-refractivity contribution in [2.45, 2.75) is 89.9 Å². The van der Waals surface area contributed by atoms with E-state index in [9.17, 15) is 4.79 Å². The fourth-order valence-electron chi connectivity index (χ4n) is 5.99. The molecular formula is C28H37N7O3S. The SMILES string of the molecule is Cc1nc(C)c2c(N)c(C(=O)NC3CCc4nc(N5CC(N)C6(C5)OC(C)(C)C(C)(C)O6)ccc4C3)sc2n1. The third-order valence-corrected chi connectivity index (χ3v) is 9.79. The minimum atomic E-state index is -0.850. The Morgan fingerprint density at radius 3 is 2.56 bits per heavy atom. The van der Waals surface area contributed by atoms with Gasteiger partial charge in [-0.1, -0.05) is 6.07 Å². The molecule has 11 heteroatoms. The number of fused-ring (bicyclic) bond motifs is 2. The lowest BCUT2D eigenvalue weighted by molar-refractivity contribution is -0.183. The van der Waals surface area contributed by atoms with Crippen molar-refractivity contribution in [2.24, 2.45) is 5.73 Å². The van der Waals surface area contributed by atoms with Crippen LogP contribution in [0, 0.1) is 13.8 Å². The van der Waals surface area contributed by atoms with Crippen molar-refractivity contribution < 1.29 is 14.3 Å². The van der Waals surface area contributed by atoms with Crippen molar-refractivity contribution in [3.05, 3.63) is 39.8 Å². The lowest BCUT2D eigenvalue weighted by atomic mass is 9.90. The number of hydrogen-bond acceptors (Lipinski definition) is 10. The number of amides is 1. The quantitative estimate of drug-likeness (QED) is 0.448. The minimum absolute atomic E-state index is 0.00408. The van der Waals surface area contributed by atoms with Crippen molar-refractivity contribution in [2.75, 3.05) is 23.7 Å². The molecule has 1 spiro atoms. The second kappa shape index (κ2) is 8.82. The molecule has 5 heterocycles. The van der Waals surface area contributed by atoms with Gasteiger partial charge in [-0.3, -0.25) is 4.79 Å². The average Bonchev–Trinajstić information content (AvgIpc) is 3.40. The summed E-state index contributed by atoms with van der Waals surface area (Å²) >= 11 is 1.32. The average molecular weight is 552 g/mol. The van der Waals surface area contributed by atoms with E-state index in [1.165, 1.54) is 11.3 Å². The molecule has 0 aromatic carbocycles. The van der Waals surface area contributed by atoms with Gasteiger partial charge in [0.25, 0.3) is 5.91 Å². The first-order valence-electron chi connectivity index (χ1n) is 13.5. The number of ether oxygens (including phenoxy) is 2. The number of aryl methyl sites for hydroxylation is 3. The molecule has 2 saturated heterocycles. The summed E-state index contributed by atoms with van der Waals surface area (Å²) in [6.07, 6.45) is 2.29. The molecular weight excluding hydrogens is 514 g/mol. The topological polar surface area (TPSA) is 142 Å². The van der Waals surface area contributed by atoms with Crippen LogP contribution in [0.5, 0.6) is 0 Å². The van der Waals surface area contributed by atoms with Crippen LogP contribution in [-0.4, -0.2) is 63.0 Å². The highest BCUT2D eigenvalue weighted by Crippen LogP contribution is 2.47. The molecule has 2 atom stereocenters. The summed E-state index contributed by atoms with van der Waals surface area (Å²) < 4.78 is 12.9. The van der Waals surface area contributed by atoms with Gasteiger partial charge in [0.15, 0.2) is 0 Å². The Balaban J connectivity index is 1.15. The molecule has 3 aromatic heterocycles. The summed E-state index contributed by atoms with van der Waals surface area (Å²) in [6.45, 7) is 13.1. The lowest BCUT2D eigenvalue weighted by Crippen LogP contribution is -2.49. The summed E-state index contributed by atoms with van der Waals surface area (Å²) in [4.78, 5) is 30.5. The van der Waals surface area contributed by atoms with Crippen molar-refractivity contribution in [1.82, 2.24) is 20.3 Å². The van der Waals surface area contributed by atoms with Crippen molar-refractivity contribution in [3.8, 4) is 0 Å². The number of carbonyl (C=O) groups is 1. The van der Waals surface area contributed by atoms with Crippen LogP contribution >= 0.6 is 11.3 Å². The Kier molecular flexibility index (Phi) is 5.96. The second-order valence-corrected chi connectivity index (χ2v) is 13.1. The molecule has 1 aliphatic carbocycles. The van der Waals surface area contributed by atoms with Gasteiger partial charge in [0.05, 0.1) is 40.6 Å². The van der Waals surface area contributed by atoms with E-state index in [0.29, 0.717) is 29.5 Å². The van der Waals surface area contributed by atoms with Crippen LogP contribution in [0.25, 0.3) is 10.2 Å². The van der Waals surface area contributed by atoms with Crippen LogP contribution < -0.4 is 21.7 Å². The summed E-state index contributed by atoms with van der Waals surface area (Å²) in [7, 11) is 0. The molecule has 0 saturated carbocycles. The van der Waals surface area contributed by atoms with Crippen molar-refractivity contribution in [3.63, 3.8) is 0 Å². The number of aromatic nitrogens is 3. The molecule has 1 amide bonds. The molecule has 2 aliphatic heterocycles. The molecule has 3 aliphatic rings. The fourth-order valence-corrected chi connectivity index (χ4v) is 7.09. The number of nitrogens with zero attached hydrogens (tertiary/aromatic N) is 4. The molecule has 0 radical (unpaired) electrons.